The minimum atomic E-state index is -0.853. The molecule has 0 aliphatic heterocycles. The molecule has 1 rings (SSSR count). The maximum atomic E-state index is 10.9. The molecule has 1 aromatic rings. The van der Waals surface area contributed by atoms with Gasteiger partial charge in [0.25, 0.3) is 0 Å². The maximum Gasteiger partial charge on any atom is 0.335 e. The number of hydrogen-bond donors (Lipinski definition) is 1. The fourth-order valence-corrected chi connectivity index (χ4v) is 1.32. The number of rotatable bonds is 1. The van der Waals surface area contributed by atoms with Gasteiger partial charge in [-0.1, -0.05) is 32.9 Å². The molecule has 0 aliphatic rings. The summed E-state index contributed by atoms with van der Waals surface area (Å²) >= 11 is 0. The van der Waals surface area contributed by atoms with E-state index in [2.05, 4.69) is 20.8 Å². The molecule has 0 unspecified atom stereocenters. The predicted molar refractivity (Wildman–Crippen MR) is 56.8 cm³/mol. The normalized spacial score (nSPS) is 11.4. The molecule has 0 radical (unpaired) electrons. The van der Waals surface area contributed by atoms with Crippen LogP contribution in [0.1, 0.15) is 42.3 Å². The van der Waals surface area contributed by atoms with Crippen LogP contribution in [0.5, 0.6) is 0 Å². The van der Waals surface area contributed by atoms with Gasteiger partial charge in [0.1, 0.15) is 0 Å². The summed E-state index contributed by atoms with van der Waals surface area (Å²) in [5.74, 6) is -0.853. The number of aryl methyl sites for hydroxylation is 1. The summed E-state index contributed by atoms with van der Waals surface area (Å²) in [5.41, 5.74) is 2.26. The SMILES string of the molecule is Cc1ccc(C(C)(C)C)cc1C(=O)O. The van der Waals surface area contributed by atoms with Crippen LogP contribution in [-0.2, 0) is 5.41 Å². The highest BCUT2D eigenvalue weighted by molar-refractivity contribution is 5.89. The summed E-state index contributed by atoms with van der Waals surface area (Å²) in [7, 11) is 0. The first-order chi connectivity index (χ1) is 6.32. The molecule has 76 valence electrons. The second kappa shape index (κ2) is 3.45. The lowest BCUT2D eigenvalue weighted by molar-refractivity contribution is 0.0696. The Morgan fingerprint density at radius 2 is 1.86 bits per heavy atom. The van der Waals surface area contributed by atoms with Gasteiger partial charge in [-0.15, -0.1) is 0 Å². The van der Waals surface area contributed by atoms with E-state index in [1.54, 1.807) is 6.07 Å². The van der Waals surface area contributed by atoms with Crippen LogP contribution < -0.4 is 0 Å². The van der Waals surface area contributed by atoms with Gasteiger partial charge in [0.05, 0.1) is 5.56 Å². The van der Waals surface area contributed by atoms with Crippen LogP contribution in [0.4, 0.5) is 0 Å². The highest BCUT2D eigenvalue weighted by atomic mass is 16.4. The lowest BCUT2D eigenvalue weighted by atomic mass is 9.85. The summed E-state index contributed by atoms with van der Waals surface area (Å²) in [6.45, 7) is 8.03. The van der Waals surface area contributed by atoms with Gasteiger partial charge < -0.3 is 5.11 Å². The van der Waals surface area contributed by atoms with E-state index >= 15 is 0 Å². The Hall–Kier alpha value is -1.31. The summed E-state index contributed by atoms with van der Waals surface area (Å²) < 4.78 is 0. The zero-order valence-corrected chi connectivity index (χ0v) is 9.09. The van der Waals surface area contributed by atoms with Crippen LogP contribution in [0.25, 0.3) is 0 Å². The average molecular weight is 192 g/mol. The van der Waals surface area contributed by atoms with E-state index in [-0.39, 0.29) is 5.41 Å². The number of aromatic carboxylic acids is 1. The maximum absolute atomic E-state index is 10.9. The molecule has 0 amide bonds. The molecular formula is C12H16O2. The van der Waals surface area contributed by atoms with E-state index in [1.165, 1.54) is 0 Å². The molecule has 2 nitrogen and oxygen atoms in total. The van der Waals surface area contributed by atoms with Crippen molar-refractivity contribution in [3.8, 4) is 0 Å². The lowest BCUT2D eigenvalue weighted by Crippen LogP contribution is -2.13. The van der Waals surface area contributed by atoms with E-state index in [0.717, 1.165) is 11.1 Å². The van der Waals surface area contributed by atoms with Gasteiger partial charge in [0.2, 0.25) is 0 Å². The van der Waals surface area contributed by atoms with E-state index < -0.39 is 5.97 Å². The standard InChI is InChI=1S/C12H16O2/c1-8-5-6-9(12(2,3)4)7-10(8)11(13)14/h5-7H,1-4H3,(H,13,14). The summed E-state index contributed by atoms with van der Waals surface area (Å²) in [6.07, 6.45) is 0. The first-order valence-electron chi connectivity index (χ1n) is 4.67. The predicted octanol–water partition coefficient (Wildman–Crippen LogP) is 2.99. The minimum absolute atomic E-state index is 0.00208. The smallest absolute Gasteiger partial charge is 0.335 e. The molecule has 2 heteroatoms. The Morgan fingerprint density at radius 1 is 1.29 bits per heavy atom. The zero-order valence-electron chi connectivity index (χ0n) is 9.09. The van der Waals surface area contributed by atoms with Gasteiger partial charge in [-0.3, -0.25) is 0 Å². The number of carbonyl (C=O) groups is 1. The second-order valence-electron chi connectivity index (χ2n) is 4.58. The van der Waals surface area contributed by atoms with Crippen molar-refractivity contribution in [3.63, 3.8) is 0 Å². The second-order valence-corrected chi connectivity index (χ2v) is 4.58. The summed E-state index contributed by atoms with van der Waals surface area (Å²) in [4.78, 5) is 10.9. The van der Waals surface area contributed by atoms with E-state index in [9.17, 15) is 4.79 Å². The fraction of sp³-hybridized carbons (Fsp3) is 0.417. The molecule has 0 bridgehead atoms. The first-order valence-corrected chi connectivity index (χ1v) is 4.67. The number of carboxylic acid groups (broad SMARTS) is 1. The Labute approximate surface area is 84.6 Å². The first kappa shape index (κ1) is 10.8. The number of hydrogen-bond acceptors (Lipinski definition) is 1. The van der Waals surface area contributed by atoms with Gasteiger partial charge in [-0.2, -0.15) is 0 Å². The third-order valence-electron chi connectivity index (χ3n) is 2.33. The number of carboxylic acids is 1. The van der Waals surface area contributed by atoms with Crippen molar-refractivity contribution in [1.82, 2.24) is 0 Å². The van der Waals surface area contributed by atoms with Crippen molar-refractivity contribution in [2.75, 3.05) is 0 Å². The Morgan fingerprint density at radius 3 is 2.29 bits per heavy atom. The lowest BCUT2D eigenvalue weighted by Gasteiger charge is -2.19. The molecule has 1 N–H and O–H groups in total. The quantitative estimate of drug-likeness (QED) is 0.742. The summed E-state index contributed by atoms with van der Waals surface area (Å²) in [6, 6.07) is 5.61. The van der Waals surface area contributed by atoms with E-state index in [0.29, 0.717) is 5.56 Å². The molecule has 0 saturated heterocycles. The number of benzene rings is 1. The van der Waals surface area contributed by atoms with Crippen LogP contribution in [-0.4, -0.2) is 11.1 Å². The molecule has 0 heterocycles. The van der Waals surface area contributed by atoms with Crippen molar-refractivity contribution in [2.24, 2.45) is 0 Å². The van der Waals surface area contributed by atoms with E-state index in [1.807, 2.05) is 19.1 Å². The molecule has 1 aromatic carbocycles. The molecule has 0 fully saturated rings. The van der Waals surface area contributed by atoms with Crippen LogP contribution in [0.2, 0.25) is 0 Å². The monoisotopic (exact) mass is 192 g/mol. The molecule has 0 atom stereocenters. The van der Waals surface area contributed by atoms with Crippen LogP contribution in [0.15, 0.2) is 18.2 Å². The van der Waals surface area contributed by atoms with Crippen LogP contribution in [0.3, 0.4) is 0 Å². The largest absolute Gasteiger partial charge is 0.478 e. The van der Waals surface area contributed by atoms with Gasteiger partial charge in [-0.25, -0.2) is 4.79 Å². The summed E-state index contributed by atoms with van der Waals surface area (Å²) in [5, 5.41) is 8.96. The van der Waals surface area contributed by atoms with E-state index in [4.69, 9.17) is 5.11 Å². The molecule has 0 spiro atoms. The third-order valence-corrected chi connectivity index (χ3v) is 2.33. The molecule has 0 aliphatic carbocycles. The molecular weight excluding hydrogens is 176 g/mol. The topological polar surface area (TPSA) is 37.3 Å². The van der Waals surface area contributed by atoms with Crippen molar-refractivity contribution < 1.29 is 9.90 Å². The fourth-order valence-electron chi connectivity index (χ4n) is 1.32. The third kappa shape index (κ3) is 2.13. The molecule has 0 saturated carbocycles. The molecule has 14 heavy (non-hydrogen) atoms. The van der Waals surface area contributed by atoms with Crippen molar-refractivity contribution >= 4 is 5.97 Å². The Kier molecular flexibility index (Phi) is 2.65. The molecule has 0 aromatic heterocycles. The van der Waals surface area contributed by atoms with Crippen molar-refractivity contribution in [2.45, 2.75) is 33.1 Å². The van der Waals surface area contributed by atoms with Gasteiger partial charge >= 0.3 is 5.97 Å². The highest BCUT2D eigenvalue weighted by Crippen LogP contribution is 2.24. The minimum Gasteiger partial charge on any atom is -0.478 e. The van der Waals surface area contributed by atoms with Gasteiger partial charge in [-0.05, 0) is 29.5 Å². The van der Waals surface area contributed by atoms with Crippen molar-refractivity contribution in [3.05, 3.63) is 34.9 Å². The van der Waals surface area contributed by atoms with Gasteiger partial charge in [0, 0.05) is 0 Å². The average Bonchev–Trinajstić information content (AvgIpc) is 2.02. The van der Waals surface area contributed by atoms with Crippen molar-refractivity contribution in [1.29, 1.82) is 0 Å². The highest BCUT2D eigenvalue weighted by Gasteiger charge is 2.16. The Balaban J connectivity index is 3.27. The van der Waals surface area contributed by atoms with Crippen LogP contribution >= 0.6 is 0 Å². The zero-order chi connectivity index (χ0) is 10.9. The van der Waals surface area contributed by atoms with Gasteiger partial charge in [0.15, 0.2) is 0 Å². The Bertz CT molecular complexity index is 359. The van der Waals surface area contributed by atoms with Crippen LogP contribution in [0, 0.1) is 6.92 Å².